The van der Waals surface area contributed by atoms with Crippen LogP contribution in [0.25, 0.3) is 33.4 Å². The van der Waals surface area contributed by atoms with E-state index >= 15 is 0 Å². The fourth-order valence-electron chi connectivity index (χ4n) is 13.9. The van der Waals surface area contributed by atoms with Gasteiger partial charge in [-0.3, -0.25) is 43.6 Å². The number of alkyl halides is 6. The summed E-state index contributed by atoms with van der Waals surface area (Å²) < 4.78 is 83.4. The summed E-state index contributed by atoms with van der Waals surface area (Å²) in [6.45, 7) is 14.8. The normalized spacial score (nSPS) is 14.2. The molecule has 0 unspecified atom stereocenters. The number of benzene rings is 7. The number of carbonyl (C=O) groups excluding carboxylic acids is 6. The molecule has 0 spiro atoms. The molecule has 554 valence electrons. The number of halogens is 6. The van der Waals surface area contributed by atoms with Crippen LogP contribution in [-0.4, -0.2) is 65.3 Å². The van der Waals surface area contributed by atoms with Crippen molar-refractivity contribution in [1.82, 2.24) is 29.9 Å². The zero-order chi connectivity index (χ0) is 79.1. The lowest BCUT2D eigenvalue weighted by Gasteiger charge is -2.21. The molecule has 0 fully saturated rings. The van der Waals surface area contributed by atoms with Crippen molar-refractivity contribution in [2.24, 2.45) is 0 Å². The number of pyridine rings is 4. The van der Waals surface area contributed by atoms with Gasteiger partial charge in [0.05, 0.1) is 61.8 Å². The Hall–Kier alpha value is -13.8. The average Bonchev–Trinajstić information content (AvgIpc) is 1.59. The highest BCUT2D eigenvalue weighted by Crippen LogP contribution is 2.53. The summed E-state index contributed by atoms with van der Waals surface area (Å²) in [5.41, 5.74) is 5.55. The minimum absolute atomic E-state index is 0.0249. The first-order valence-electron chi connectivity index (χ1n) is 34.8. The molecule has 15 rings (SSSR count). The highest BCUT2D eigenvalue weighted by atomic mass is 19.4. The number of fused-ring (bicyclic) bond motifs is 3. The van der Waals surface area contributed by atoms with Crippen LogP contribution in [0.3, 0.4) is 0 Å². The van der Waals surface area contributed by atoms with Gasteiger partial charge >= 0.3 is 12.4 Å². The largest absolute Gasteiger partial charge is 0.417 e. The molecule has 0 radical (unpaired) electrons. The van der Waals surface area contributed by atoms with Crippen LogP contribution in [0.15, 0.2) is 244 Å². The van der Waals surface area contributed by atoms with Crippen LogP contribution in [0.2, 0.25) is 0 Å². The number of hydrogen-bond acceptors (Lipinski definition) is 12. The maximum absolute atomic E-state index is 13.9. The van der Waals surface area contributed by atoms with E-state index in [9.17, 15) is 55.1 Å². The number of para-hydroxylation sites is 1. The van der Waals surface area contributed by atoms with Crippen LogP contribution in [0.1, 0.15) is 117 Å². The molecule has 7 aromatic carbocycles. The molecule has 0 atom stereocenters. The van der Waals surface area contributed by atoms with Crippen LogP contribution < -0.4 is 30.7 Å². The number of amides is 6. The summed E-state index contributed by atoms with van der Waals surface area (Å²) in [5.74, 6) is 0.963. The molecule has 24 heteroatoms. The molecule has 111 heavy (non-hydrogen) atoms. The van der Waals surface area contributed by atoms with E-state index in [2.05, 4.69) is 51.8 Å². The summed E-state index contributed by atoms with van der Waals surface area (Å²) in [7, 11) is 0. The van der Waals surface area contributed by atoms with Crippen LogP contribution in [0.4, 0.5) is 78.2 Å². The van der Waals surface area contributed by atoms with Gasteiger partial charge in [0.15, 0.2) is 0 Å². The molecule has 0 saturated heterocycles. The van der Waals surface area contributed by atoms with Crippen molar-refractivity contribution < 1.29 is 55.1 Å². The van der Waals surface area contributed by atoms with E-state index in [0.717, 1.165) is 57.4 Å². The van der Waals surface area contributed by atoms with E-state index in [0.29, 0.717) is 73.2 Å². The number of aromatic nitrogens is 6. The summed E-state index contributed by atoms with van der Waals surface area (Å²) in [4.78, 5) is 110. The van der Waals surface area contributed by atoms with Gasteiger partial charge in [0.1, 0.15) is 17.5 Å². The third-order valence-electron chi connectivity index (χ3n) is 19.4. The van der Waals surface area contributed by atoms with Crippen LogP contribution in [-0.2, 0) is 43.0 Å². The van der Waals surface area contributed by atoms with Crippen molar-refractivity contribution in [3.63, 3.8) is 0 Å². The average molecular weight is 1490 g/mol. The predicted octanol–water partition coefficient (Wildman–Crippen LogP) is 18.7. The van der Waals surface area contributed by atoms with Crippen molar-refractivity contribution in [2.75, 3.05) is 30.7 Å². The summed E-state index contributed by atoms with van der Waals surface area (Å²) in [6.07, 6.45) is 6.42. The van der Waals surface area contributed by atoms with Gasteiger partial charge in [0.25, 0.3) is 17.7 Å². The van der Waals surface area contributed by atoms with Gasteiger partial charge in [-0.25, -0.2) is 29.8 Å². The summed E-state index contributed by atoms with van der Waals surface area (Å²) in [5, 5.41) is 7.94. The number of carbonyl (C=O) groups is 6. The Balaban J connectivity index is 0.000000146. The Morgan fingerprint density at radius 3 is 1.50 bits per heavy atom. The van der Waals surface area contributed by atoms with E-state index < -0.39 is 62.7 Å². The molecule has 18 nitrogen and oxygen atoms in total. The van der Waals surface area contributed by atoms with Gasteiger partial charge < -0.3 is 16.0 Å². The second kappa shape index (κ2) is 29.7. The lowest BCUT2D eigenvalue weighted by Crippen LogP contribution is -2.34. The lowest BCUT2D eigenvalue weighted by atomic mass is 9.81. The van der Waals surface area contributed by atoms with E-state index in [1.807, 2.05) is 107 Å². The number of aryl methyl sites for hydroxylation is 2. The van der Waals surface area contributed by atoms with Crippen molar-refractivity contribution in [1.29, 1.82) is 0 Å². The fraction of sp³-hybridized carbons (Fsp3) is 0.149. The molecule has 6 amide bonds. The summed E-state index contributed by atoms with van der Waals surface area (Å²) in [6, 6.07) is 54.9. The van der Waals surface area contributed by atoms with Crippen molar-refractivity contribution in [3.05, 3.63) is 305 Å². The fourth-order valence-corrected chi connectivity index (χ4v) is 13.9. The van der Waals surface area contributed by atoms with Crippen molar-refractivity contribution in [3.8, 4) is 45.7 Å². The molecule has 8 heterocycles. The van der Waals surface area contributed by atoms with Gasteiger partial charge in [0.2, 0.25) is 23.7 Å². The molecule has 3 aliphatic rings. The van der Waals surface area contributed by atoms with E-state index in [1.165, 1.54) is 71.1 Å². The Labute approximate surface area is 634 Å². The zero-order valence-corrected chi connectivity index (χ0v) is 60.9. The topological polar surface area (TPSA) is 226 Å². The molecule has 0 aliphatic carbocycles. The van der Waals surface area contributed by atoms with Gasteiger partial charge in [0, 0.05) is 65.2 Å². The Kier molecular flexibility index (Phi) is 20.2. The van der Waals surface area contributed by atoms with Gasteiger partial charge in [-0.2, -0.15) is 26.3 Å². The minimum atomic E-state index is -4.79. The molecule has 12 aromatic rings. The number of nitrogens with zero attached hydrogens (tertiary/aromatic N) is 9. The second-order valence-corrected chi connectivity index (χ2v) is 27.9. The maximum atomic E-state index is 13.9. The molecular formula is C87H68F6N12O6. The predicted molar refractivity (Wildman–Crippen MR) is 413 cm³/mol. The molecular weight excluding hydrogens is 1420 g/mol. The Bertz CT molecular complexity index is 5700. The highest BCUT2D eigenvalue weighted by molar-refractivity contribution is 6.17. The highest BCUT2D eigenvalue weighted by Gasteiger charge is 2.50. The molecule has 0 bridgehead atoms. The van der Waals surface area contributed by atoms with Crippen molar-refractivity contribution in [2.45, 2.75) is 84.0 Å². The first-order valence-corrected chi connectivity index (χ1v) is 34.8. The standard InChI is InChI=1S/C30H27N3O2.C29H20F3N5O2.C28H21F3N4O2/c1-19-11-15-22(16-12-19)32-28(34)24-18-21(14-13-20(24)2)23-8-7-9-25-27(23)30(3,4)29(35)33(25)26-10-5-6-17-31-26;1-4-17-7-10-23(35-15-17)36-26(38)21-14-18(8-9-22(21)29(30,31)32)20-11-13-34-25-24(20)28(2,3)27(39)37(25)19-6-5-12-33-16-19;1-27(2)23-19(10-6-11-22(23)35(25(27)37)26-32-14-7-15-33-26)17-12-13-21(28(29,30)31)20(16-17)24(36)34-18-8-4-3-5-9-18/h5-18H,1-4H3,(H,32,34);1,5-16H,2-3H3,(H,35,36,38);3-16H,1-2H3,(H,34,36). The lowest BCUT2D eigenvalue weighted by molar-refractivity contribution is -0.138. The smallest absolute Gasteiger partial charge is 0.322 e. The van der Waals surface area contributed by atoms with Crippen LogP contribution >= 0.6 is 0 Å². The number of rotatable bonds is 12. The first kappa shape index (κ1) is 75.4. The SMILES string of the molecule is C#Cc1ccc(NC(=O)c2cc(-c3ccnc4c3C(C)(C)C(=O)N4c3cccnc3)ccc2C(F)(F)F)nc1.CC1(C)C(=O)N(c2ncccn2)c2cccc(-c3ccc(C(F)(F)F)c(C(=O)Nc4ccccc4)c3)c21.Cc1ccc(NC(=O)c2cc(-c3cccc4c3C(C)(C)C(=O)N4c3ccccn3)ccc2C)cc1. The van der Waals surface area contributed by atoms with E-state index in [-0.39, 0.29) is 35.4 Å². The number of anilines is 9. The third-order valence-corrected chi connectivity index (χ3v) is 19.4. The van der Waals surface area contributed by atoms with Crippen molar-refractivity contribution >= 4 is 87.3 Å². The molecule has 0 saturated carbocycles. The van der Waals surface area contributed by atoms with Gasteiger partial charge in [-0.05, 0) is 221 Å². The van der Waals surface area contributed by atoms with Crippen LogP contribution in [0.5, 0.6) is 0 Å². The maximum Gasteiger partial charge on any atom is 0.417 e. The minimum Gasteiger partial charge on any atom is -0.322 e. The van der Waals surface area contributed by atoms with Crippen LogP contribution in [0, 0.1) is 26.2 Å². The van der Waals surface area contributed by atoms with E-state index in [1.54, 1.807) is 118 Å². The number of terminal acetylenes is 1. The number of nitrogens with one attached hydrogen (secondary N) is 3. The van der Waals surface area contributed by atoms with E-state index in [4.69, 9.17) is 6.42 Å². The Morgan fingerprint density at radius 2 is 0.946 bits per heavy atom. The molecule has 5 aromatic heterocycles. The zero-order valence-electron chi connectivity index (χ0n) is 60.9. The molecule has 3 aliphatic heterocycles. The third kappa shape index (κ3) is 14.7. The second-order valence-electron chi connectivity index (χ2n) is 27.9. The molecule has 3 N–H and O–H groups in total. The number of hydrogen-bond donors (Lipinski definition) is 3. The van der Waals surface area contributed by atoms with Gasteiger partial charge in [-0.1, -0.05) is 96.4 Å². The Morgan fingerprint density at radius 1 is 0.432 bits per heavy atom. The monoisotopic (exact) mass is 1490 g/mol. The first-order chi connectivity index (χ1) is 52.9. The summed E-state index contributed by atoms with van der Waals surface area (Å²) >= 11 is 0. The quantitative estimate of drug-likeness (QED) is 0.0767. The van der Waals surface area contributed by atoms with Gasteiger partial charge in [-0.15, -0.1) is 6.42 Å².